The fraction of sp³-hybridized carbons (Fsp3) is 0.765. The number of aliphatic hydroxyl groups is 1. The zero-order valence-electron chi connectivity index (χ0n) is 14.3. The van der Waals surface area contributed by atoms with Crippen molar-refractivity contribution in [2.45, 2.75) is 70.8 Å². The third-order valence-corrected chi connectivity index (χ3v) is 5.58. The maximum absolute atomic E-state index is 11.9. The second-order valence-electron chi connectivity index (χ2n) is 6.46. The molecule has 2 amide bonds. The van der Waals surface area contributed by atoms with E-state index in [0.29, 0.717) is 13.1 Å². The highest BCUT2D eigenvalue weighted by molar-refractivity contribution is 7.11. The van der Waals surface area contributed by atoms with E-state index >= 15 is 0 Å². The fourth-order valence-electron chi connectivity index (χ4n) is 3.08. The molecule has 1 saturated carbocycles. The molecule has 0 spiro atoms. The molecule has 23 heavy (non-hydrogen) atoms. The number of nitrogens with one attached hydrogen (secondary N) is 2. The van der Waals surface area contributed by atoms with Crippen LogP contribution in [0.2, 0.25) is 0 Å². The Hall–Kier alpha value is -1.14. The van der Waals surface area contributed by atoms with E-state index in [1.165, 1.54) is 17.7 Å². The molecule has 0 unspecified atom stereocenters. The molecule has 1 aliphatic rings. The lowest BCUT2D eigenvalue weighted by Crippen LogP contribution is -2.46. The number of aromatic nitrogens is 1. The van der Waals surface area contributed by atoms with Gasteiger partial charge in [-0.15, -0.1) is 11.3 Å². The van der Waals surface area contributed by atoms with Crippen molar-refractivity contribution in [3.63, 3.8) is 0 Å². The first-order chi connectivity index (χ1) is 11.0. The molecule has 0 aliphatic heterocycles. The summed E-state index contributed by atoms with van der Waals surface area (Å²) in [5.74, 6) is 0. The Morgan fingerprint density at radius 3 is 2.57 bits per heavy atom. The van der Waals surface area contributed by atoms with E-state index in [1.807, 2.05) is 0 Å². The Morgan fingerprint density at radius 2 is 1.96 bits per heavy atom. The minimum absolute atomic E-state index is 0.202. The number of aryl methyl sites for hydroxylation is 2. The van der Waals surface area contributed by atoms with Gasteiger partial charge in [0.25, 0.3) is 0 Å². The van der Waals surface area contributed by atoms with Gasteiger partial charge in [-0.25, -0.2) is 9.78 Å². The lowest BCUT2D eigenvalue weighted by molar-refractivity contribution is 0.0277. The van der Waals surface area contributed by atoms with Gasteiger partial charge in [0.2, 0.25) is 0 Å². The van der Waals surface area contributed by atoms with Crippen LogP contribution in [0.25, 0.3) is 0 Å². The Morgan fingerprint density at radius 1 is 1.26 bits per heavy atom. The molecule has 0 bridgehead atoms. The van der Waals surface area contributed by atoms with Gasteiger partial charge in [-0.3, -0.25) is 0 Å². The van der Waals surface area contributed by atoms with Crippen molar-refractivity contribution in [3.05, 3.63) is 15.6 Å². The number of carbonyl (C=O) groups excluding carboxylic acids is 1. The molecule has 130 valence electrons. The predicted octanol–water partition coefficient (Wildman–Crippen LogP) is 2.94. The lowest BCUT2D eigenvalue weighted by Gasteiger charge is -2.26. The summed E-state index contributed by atoms with van der Waals surface area (Å²) < 4.78 is 0. The second-order valence-corrected chi connectivity index (χ2v) is 7.75. The van der Waals surface area contributed by atoms with Crippen LogP contribution in [0.1, 0.15) is 61.0 Å². The number of amides is 2. The highest BCUT2D eigenvalue weighted by atomic mass is 32.1. The summed E-state index contributed by atoms with van der Waals surface area (Å²) in [4.78, 5) is 17.7. The van der Waals surface area contributed by atoms with Crippen LogP contribution >= 0.6 is 11.3 Å². The lowest BCUT2D eigenvalue weighted by atomic mass is 9.95. The minimum Gasteiger partial charge on any atom is -0.388 e. The van der Waals surface area contributed by atoms with E-state index < -0.39 is 5.60 Å². The highest BCUT2D eigenvalue weighted by Gasteiger charge is 2.28. The molecular formula is C17H29N3O2S. The van der Waals surface area contributed by atoms with Gasteiger partial charge in [-0.05, 0) is 26.2 Å². The number of urea groups is 1. The van der Waals surface area contributed by atoms with Crippen LogP contribution in [0.4, 0.5) is 4.79 Å². The van der Waals surface area contributed by atoms with Crippen molar-refractivity contribution in [2.24, 2.45) is 0 Å². The average molecular weight is 340 g/mol. The zero-order chi connectivity index (χ0) is 16.7. The summed E-state index contributed by atoms with van der Waals surface area (Å²) in [7, 11) is 0. The third-order valence-electron chi connectivity index (χ3n) is 4.51. The summed E-state index contributed by atoms with van der Waals surface area (Å²) in [6.07, 6.45) is 7.73. The normalized spacial score (nSPS) is 17.5. The van der Waals surface area contributed by atoms with E-state index in [2.05, 4.69) is 29.5 Å². The predicted molar refractivity (Wildman–Crippen MR) is 94.0 cm³/mol. The summed E-state index contributed by atoms with van der Waals surface area (Å²) in [5.41, 5.74) is 0.432. The van der Waals surface area contributed by atoms with Gasteiger partial charge in [0, 0.05) is 24.4 Å². The van der Waals surface area contributed by atoms with Gasteiger partial charge in [-0.2, -0.15) is 0 Å². The van der Waals surface area contributed by atoms with Crippen molar-refractivity contribution >= 4 is 17.4 Å². The van der Waals surface area contributed by atoms with Crippen molar-refractivity contribution in [2.75, 3.05) is 13.1 Å². The summed E-state index contributed by atoms with van der Waals surface area (Å²) in [5, 5.41) is 17.3. The molecule has 1 fully saturated rings. The molecule has 5 nitrogen and oxygen atoms in total. The fourth-order valence-corrected chi connectivity index (χ4v) is 4.10. The van der Waals surface area contributed by atoms with Crippen LogP contribution in [-0.2, 0) is 12.8 Å². The Kier molecular flexibility index (Phi) is 6.84. The van der Waals surface area contributed by atoms with Crippen molar-refractivity contribution < 1.29 is 9.90 Å². The monoisotopic (exact) mass is 339 g/mol. The standard InChI is InChI=1S/C17H29N3O2S/c1-3-14-13(2)23-15(20-14)8-11-18-16(21)19-12-17(22)9-6-4-5-7-10-17/h22H,3-12H2,1-2H3,(H2,18,19,21). The van der Waals surface area contributed by atoms with Crippen LogP contribution < -0.4 is 10.6 Å². The molecule has 0 saturated heterocycles. The second kappa shape index (κ2) is 8.64. The molecule has 3 N–H and O–H groups in total. The quantitative estimate of drug-likeness (QED) is 0.698. The molecule has 0 aromatic carbocycles. The van der Waals surface area contributed by atoms with Gasteiger partial charge in [-0.1, -0.05) is 32.6 Å². The van der Waals surface area contributed by atoms with Gasteiger partial charge >= 0.3 is 6.03 Å². The van der Waals surface area contributed by atoms with E-state index in [4.69, 9.17) is 0 Å². The highest BCUT2D eigenvalue weighted by Crippen LogP contribution is 2.26. The molecule has 2 rings (SSSR count). The van der Waals surface area contributed by atoms with Crippen LogP contribution in [0.5, 0.6) is 0 Å². The molecule has 1 heterocycles. The van der Waals surface area contributed by atoms with Gasteiger partial charge in [0.1, 0.15) is 0 Å². The molecule has 0 atom stereocenters. The van der Waals surface area contributed by atoms with E-state index in [9.17, 15) is 9.90 Å². The molecule has 1 aromatic rings. The first-order valence-electron chi connectivity index (χ1n) is 8.72. The van der Waals surface area contributed by atoms with Crippen molar-refractivity contribution in [1.29, 1.82) is 0 Å². The molecule has 1 aromatic heterocycles. The number of thiazole rings is 1. The topological polar surface area (TPSA) is 74.2 Å². The third kappa shape index (κ3) is 5.77. The van der Waals surface area contributed by atoms with Crippen molar-refractivity contribution in [1.82, 2.24) is 15.6 Å². The van der Waals surface area contributed by atoms with Gasteiger partial charge in [0.05, 0.1) is 16.3 Å². The molecular weight excluding hydrogens is 310 g/mol. The number of carbonyl (C=O) groups is 1. The maximum Gasteiger partial charge on any atom is 0.314 e. The number of hydrogen-bond acceptors (Lipinski definition) is 4. The SMILES string of the molecule is CCc1nc(CCNC(=O)NCC2(O)CCCCCC2)sc1C. The molecule has 1 aliphatic carbocycles. The Labute approximate surface area is 142 Å². The van der Waals surface area contributed by atoms with Gasteiger partial charge in [0.15, 0.2) is 0 Å². The average Bonchev–Trinajstić information content (AvgIpc) is 2.74. The smallest absolute Gasteiger partial charge is 0.314 e. The number of rotatable bonds is 6. The van der Waals surface area contributed by atoms with E-state index in [0.717, 1.165) is 49.2 Å². The zero-order valence-corrected chi connectivity index (χ0v) is 15.1. The summed E-state index contributed by atoms with van der Waals surface area (Å²) in [6.45, 7) is 5.11. The van der Waals surface area contributed by atoms with E-state index in [-0.39, 0.29) is 6.03 Å². The van der Waals surface area contributed by atoms with E-state index in [1.54, 1.807) is 11.3 Å². The first-order valence-corrected chi connectivity index (χ1v) is 9.53. The number of hydrogen-bond donors (Lipinski definition) is 3. The van der Waals surface area contributed by atoms with Gasteiger partial charge < -0.3 is 15.7 Å². The van der Waals surface area contributed by atoms with Crippen LogP contribution in [-0.4, -0.2) is 34.8 Å². The number of nitrogens with zero attached hydrogens (tertiary/aromatic N) is 1. The molecule has 0 radical (unpaired) electrons. The minimum atomic E-state index is -0.726. The Balaban J connectivity index is 1.68. The maximum atomic E-state index is 11.9. The molecule has 6 heteroatoms. The summed E-state index contributed by atoms with van der Waals surface area (Å²) in [6, 6.07) is -0.202. The largest absolute Gasteiger partial charge is 0.388 e. The van der Waals surface area contributed by atoms with Crippen LogP contribution in [0, 0.1) is 6.92 Å². The summed E-state index contributed by atoms with van der Waals surface area (Å²) >= 11 is 1.71. The first kappa shape index (κ1) is 18.2. The van der Waals surface area contributed by atoms with Crippen LogP contribution in [0.3, 0.4) is 0 Å². The Bertz CT molecular complexity index is 508. The van der Waals surface area contributed by atoms with Crippen molar-refractivity contribution in [3.8, 4) is 0 Å². The van der Waals surface area contributed by atoms with Crippen LogP contribution in [0.15, 0.2) is 0 Å².